The quantitative estimate of drug-likeness (QED) is 0.878. The van der Waals surface area contributed by atoms with Gasteiger partial charge in [0.25, 0.3) is 0 Å². The van der Waals surface area contributed by atoms with Gasteiger partial charge >= 0.3 is 0 Å². The molecule has 4 nitrogen and oxygen atoms in total. The second kappa shape index (κ2) is 5.69. The topological polar surface area (TPSA) is 39.1 Å². The van der Waals surface area contributed by atoms with Gasteiger partial charge in [-0.2, -0.15) is 5.10 Å². The van der Waals surface area contributed by atoms with Gasteiger partial charge < -0.3 is 10.1 Å². The van der Waals surface area contributed by atoms with Crippen LogP contribution < -0.4 is 10.1 Å². The first-order valence-electron chi connectivity index (χ1n) is 6.05. The van der Waals surface area contributed by atoms with E-state index in [0.29, 0.717) is 0 Å². The Hall–Kier alpha value is -1.81. The summed E-state index contributed by atoms with van der Waals surface area (Å²) in [6, 6.07) is 10.4. The van der Waals surface area contributed by atoms with E-state index in [1.807, 2.05) is 36.1 Å². The zero-order valence-electron chi connectivity index (χ0n) is 11.1. The van der Waals surface area contributed by atoms with Gasteiger partial charge in [-0.15, -0.1) is 0 Å². The van der Waals surface area contributed by atoms with Gasteiger partial charge in [-0.05, 0) is 30.7 Å². The van der Waals surface area contributed by atoms with Gasteiger partial charge in [0.1, 0.15) is 5.75 Å². The second-order valence-corrected chi connectivity index (χ2v) is 4.36. The molecule has 0 aliphatic heterocycles. The Balaban J connectivity index is 1.92. The zero-order valence-corrected chi connectivity index (χ0v) is 11.1. The van der Waals surface area contributed by atoms with Crippen molar-refractivity contribution < 1.29 is 4.74 Å². The lowest BCUT2D eigenvalue weighted by Crippen LogP contribution is -2.18. The molecule has 0 amide bonds. The van der Waals surface area contributed by atoms with Crippen molar-refractivity contribution in [1.82, 2.24) is 15.1 Å². The molecule has 96 valence electrons. The van der Waals surface area contributed by atoms with Crippen molar-refractivity contribution in [3.8, 4) is 5.75 Å². The minimum atomic E-state index is 0.290. The molecular weight excluding hydrogens is 226 g/mol. The summed E-state index contributed by atoms with van der Waals surface area (Å²) in [6.45, 7) is 2.92. The molecule has 0 saturated carbocycles. The predicted molar refractivity (Wildman–Crippen MR) is 71.5 cm³/mol. The highest BCUT2D eigenvalue weighted by Crippen LogP contribution is 2.17. The normalized spacial score (nSPS) is 12.4. The summed E-state index contributed by atoms with van der Waals surface area (Å²) in [5, 5.41) is 7.79. The fourth-order valence-electron chi connectivity index (χ4n) is 1.83. The molecule has 0 unspecified atom stereocenters. The Bertz CT molecular complexity index is 490. The summed E-state index contributed by atoms with van der Waals surface area (Å²) in [5.74, 6) is 0.885. The highest BCUT2D eigenvalue weighted by atomic mass is 16.5. The Morgan fingerprint density at radius 1 is 1.28 bits per heavy atom. The largest absolute Gasteiger partial charge is 0.497 e. The number of ether oxygens (including phenoxy) is 1. The number of hydrogen-bond acceptors (Lipinski definition) is 3. The lowest BCUT2D eigenvalue weighted by molar-refractivity contribution is 0.414. The van der Waals surface area contributed by atoms with Crippen LogP contribution in [0.4, 0.5) is 0 Å². The molecular formula is C14H19N3O. The number of rotatable bonds is 5. The SMILES string of the molecule is COc1ccc([C@@H](C)NCc2ccn(C)n2)cc1. The molecule has 1 aromatic heterocycles. The van der Waals surface area contributed by atoms with Gasteiger partial charge in [0.15, 0.2) is 0 Å². The van der Waals surface area contributed by atoms with E-state index in [2.05, 4.69) is 29.5 Å². The number of aryl methyl sites for hydroxylation is 1. The molecule has 0 saturated heterocycles. The zero-order chi connectivity index (χ0) is 13.0. The fourth-order valence-corrected chi connectivity index (χ4v) is 1.83. The molecule has 0 radical (unpaired) electrons. The Labute approximate surface area is 108 Å². The minimum Gasteiger partial charge on any atom is -0.497 e. The predicted octanol–water partition coefficient (Wildman–Crippen LogP) is 2.28. The van der Waals surface area contributed by atoms with Crippen LogP contribution in [0.25, 0.3) is 0 Å². The lowest BCUT2D eigenvalue weighted by Gasteiger charge is -2.13. The minimum absolute atomic E-state index is 0.290. The van der Waals surface area contributed by atoms with Crippen LogP contribution >= 0.6 is 0 Å². The average molecular weight is 245 g/mol. The summed E-state index contributed by atoms with van der Waals surface area (Å²) in [6.07, 6.45) is 1.95. The molecule has 0 aliphatic rings. The average Bonchev–Trinajstić information content (AvgIpc) is 2.82. The lowest BCUT2D eigenvalue weighted by atomic mass is 10.1. The first-order chi connectivity index (χ1) is 8.69. The van der Waals surface area contributed by atoms with E-state index >= 15 is 0 Å². The van der Waals surface area contributed by atoms with Crippen LogP contribution in [0.1, 0.15) is 24.2 Å². The molecule has 2 rings (SSSR count). The smallest absolute Gasteiger partial charge is 0.118 e. The number of benzene rings is 1. The van der Waals surface area contributed by atoms with Crippen molar-refractivity contribution in [1.29, 1.82) is 0 Å². The number of methoxy groups -OCH3 is 1. The van der Waals surface area contributed by atoms with E-state index < -0.39 is 0 Å². The third-order valence-corrected chi connectivity index (χ3v) is 2.97. The summed E-state index contributed by atoms with van der Waals surface area (Å²) in [4.78, 5) is 0. The van der Waals surface area contributed by atoms with Gasteiger partial charge in [0.05, 0.1) is 12.8 Å². The van der Waals surface area contributed by atoms with E-state index in [1.165, 1.54) is 5.56 Å². The van der Waals surface area contributed by atoms with Gasteiger partial charge in [-0.3, -0.25) is 4.68 Å². The van der Waals surface area contributed by atoms with Crippen molar-refractivity contribution in [3.63, 3.8) is 0 Å². The van der Waals surface area contributed by atoms with Crippen LogP contribution in [-0.2, 0) is 13.6 Å². The molecule has 2 aromatic rings. The summed E-state index contributed by atoms with van der Waals surface area (Å²) >= 11 is 0. The summed E-state index contributed by atoms with van der Waals surface area (Å²) in [7, 11) is 3.61. The van der Waals surface area contributed by atoms with Gasteiger partial charge in [0, 0.05) is 25.8 Å². The van der Waals surface area contributed by atoms with Crippen LogP contribution in [0.15, 0.2) is 36.5 Å². The molecule has 1 N–H and O–H groups in total. The van der Waals surface area contributed by atoms with Gasteiger partial charge in [0.2, 0.25) is 0 Å². The van der Waals surface area contributed by atoms with E-state index in [9.17, 15) is 0 Å². The second-order valence-electron chi connectivity index (χ2n) is 4.36. The van der Waals surface area contributed by atoms with Crippen LogP contribution in [0, 0.1) is 0 Å². The Kier molecular flexibility index (Phi) is 3.99. The van der Waals surface area contributed by atoms with E-state index in [1.54, 1.807) is 7.11 Å². The highest BCUT2D eigenvalue weighted by molar-refractivity contribution is 5.28. The molecule has 1 atom stereocenters. The monoisotopic (exact) mass is 245 g/mol. The third kappa shape index (κ3) is 3.11. The molecule has 0 aliphatic carbocycles. The first-order valence-corrected chi connectivity index (χ1v) is 6.05. The number of hydrogen-bond donors (Lipinski definition) is 1. The van der Waals surface area contributed by atoms with Crippen molar-refractivity contribution in [2.24, 2.45) is 7.05 Å². The third-order valence-electron chi connectivity index (χ3n) is 2.97. The molecule has 4 heteroatoms. The summed E-state index contributed by atoms with van der Waals surface area (Å²) in [5.41, 5.74) is 2.30. The Morgan fingerprint density at radius 3 is 2.56 bits per heavy atom. The summed E-state index contributed by atoms with van der Waals surface area (Å²) < 4.78 is 6.96. The molecule has 0 spiro atoms. The van der Waals surface area contributed by atoms with Crippen molar-refractivity contribution in [2.75, 3.05) is 7.11 Å². The fraction of sp³-hybridized carbons (Fsp3) is 0.357. The van der Waals surface area contributed by atoms with E-state index in [4.69, 9.17) is 4.74 Å². The van der Waals surface area contributed by atoms with Crippen LogP contribution in [0.3, 0.4) is 0 Å². The van der Waals surface area contributed by atoms with E-state index in [0.717, 1.165) is 18.0 Å². The Morgan fingerprint density at radius 2 is 2.00 bits per heavy atom. The van der Waals surface area contributed by atoms with Gasteiger partial charge in [-0.1, -0.05) is 12.1 Å². The highest BCUT2D eigenvalue weighted by Gasteiger charge is 2.05. The molecule has 1 heterocycles. The number of nitrogens with one attached hydrogen (secondary N) is 1. The number of nitrogens with zero attached hydrogens (tertiary/aromatic N) is 2. The maximum Gasteiger partial charge on any atom is 0.118 e. The van der Waals surface area contributed by atoms with E-state index in [-0.39, 0.29) is 6.04 Å². The molecule has 0 bridgehead atoms. The maximum atomic E-state index is 5.15. The van der Waals surface area contributed by atoms with Crippen LogP contribution in [0.5, 0.6) is 5.75 Å². The molecule has 18 heavy (non-hydrogen) atoms. The van der Waals surface area contributed by atoms with Crippen LogP contribution in [0.2, 0.25) is 0 Å². The standard InChI is InChI=1S/C14H19N3O/c1-11(12-4-6-14(18-3)7-5-12)15-10-13-8-9-17(2)16-13/h4-9,11,15H,10H2,1-3H3/t11-/m1/s1. The van der Waals surface area contributed by atoms with Crippen molar-refractivity contribution in [3.05, 3.63) is 47.8 Å². The first kappa shape index (κ1) is 12.6. The van der Waals surface area contributed by atoms with Crippen molar-refractivity contribution in [2.45, 2.75) is 19.5 Å². The maximum absolute atomic E-state index is 5.15. The van der Waals surface area contributed by atoms with Crippen molar-refractivity contribution >= 4 is 0 Å². The molecule has 1 aromatic carbocycles. The molecule has 0 fully saturated rings. The van der Waals surface area contributed by atoms with Gasteiger partial charge in [-0.25, -0.2) is 0 Å². The number of aromatic nitrogens is 2. The van der Waals surface area contributed by atoms with Crippen LogP contribution in [-0.4, -0.2) is 16.9 Å².